The molecule has 2 aliphatic rings. The number of likely N-dealkylation sites (N-methyl/N-ethyl adjacent to an activating group) is 7. The zero-order chi connectivity index (χ0) is 71.9. The summed E-state index contributed by atoms with van der Waals surface area (Å²) in [5, 5.41) is 23.2. The van der Waals surface area contributed by atoms with Gasteiger partial charge in [-0.3, -0.25) is 57.6 Å². The second-order valence-corrected chi connectivity index (χ2v) is 28.1. The highest BCUT2D eigenvalue weighted by Gasteiger charge is 2.46. The molecule has 0 saturated carbocycles. The molecule has 2 aliphatic heterocycles. The number of nitrogens with one attached hydrogen (secondary N) is 4. The van der Waals surface area contributed by atoms with Crippen molar-refractivity contribution in [1.29, 1.82) is 0 Å². The molecule has 0 aromatic rings. The standard InChI is InChI=1S/C68H122N12O14/c1-24-26-29-45(13)58(82)57-62(86)71-49(25-2)64(88)73(17)39-53(81)77(21)56(48(16)94-33-28-27-30-80-31-34-93-35-32-80)61(85)72-54(43(9)10)67(91)74(18)50(36-40(3)4)60(84)69-46(14)59(83)70-47(15)63(87)75(19)51(37-41(5)6)65(89)76(20)52(38-42(7)8)66(90)78(22)55(44(11)12)68(92)79(57)23/h24,26,40-52,54-58,82H,25,27-39H2,1-23H3,(H,69,84)(H,70,83)(H,71,86)(H,72,85)/b26-24+/t45-,46+,47-,48-,49+,50+,51+,52+,54+,55+,56+,57+,58-/m1/s1. The highest BCUT2D eigenvalue weighted by Crippen LogP contribution is 2.26. The van der Waals surface area contributed by atoms with Gasteiger partial charge in [0.1, 0.15) is 60.4 Å². The van der Waals surface area contributed by atoms with Crippen molar-refractivity contribution in [3.05, 3.63) is 12.2 Å². The molecule has 0 spiro atoms. The van der Waals surface area contributed by atoms with E-state index < -0.39 is 162 Å². The fourth-order valence-corrected chi connectivity index (χ4v) is 12.1. The summed E-state index contributed by atoms with van der Waals surface area (Å²) in [7, 11) is 9.87. The van der Waals surface area contributed by atoms with Crippen LogP contribution in [-0.4, -0.2) is 277 Å². The molecular formula is C68H122N12O14. The van der Waals surface area contributed by atoms with Gasteiger partial charge < -0.3 is 70.1 Å². The number of allylic oxidation sites excluding steroid dienone is 2. The van der Waals surface area contributed by atoms with E-state index in [-0.39, 0.29) is 50.0 Å². The molecule has 0 aliphatic carbocycles. The predicted octanol–water partition coefficient (Wildman–Crippen LogP) is 2.74. The Labute approximate surface area is 562 Å². The van der Waals surface area contributed by atoms with E-state index in [1.54, 1.807) is 67.5 Å². The molecule has 2 saturated heterocycles. The minimum absolute atomic E-state index is 0.00187. The van der Waals surface area contributed by atoms with Crippen LogP contribution in [0, 0.1) is 35.5 Å². The Morgan fingerprint density at radius 3 is 1.53 bits per heavy atom. The Kier molecular flexibility index (Phi) is 35.4. The van der Waals surface area contributed by atoms with Gasteiger partial charge in [-0.2, -0.15) is 0 Å². The first-order chi connectivity index (χ1) is 43.8. The number of ether oxygens (including phenoxy) is 2. The highest BCUT2D eigenvalue weighted by molar-refractivity contribution is 5.99. The van der Waals surface area contributed by atoms with Crippen molar-refractivity contribution in [2.45, 2.75) is 228 Å². The number of nitrogens with zero attached hydrogens (tertiary/aromatic N) is 8. The largest absolute Gasteiger partial charge is 0.390 e. The van der Waals surface area contributed by atoms with Crippen LogP contribution in [0.25, 0.3) is 0 Å². The van der Waals surface area contributed by atoms with Crippen molar-refractivity contribution in [3.8, 4) is 0 Å². The lowest BCUT2D eigenvalue weighted by Crippen LogP contribution is -2.63. The number of hydrogen-bond acceptors (Lipinski definition) is 15. The Morgan fingerprint density at radius 1 is 0.532 bits per heavy atom. The average molecular weight is 1330 g/mol. The van der Waals surface area contributed by atoms with E-state index in [1.165, 1.54) is 82.8 Å². The zero-order valence-electron chi connectivity index (χ0n) is 61.3. The molecule has 0 bridgehead atoms. The molecule has 2 fully saturated rings. The van der Waals surface area contributed by atoms with Crippen molar-refractivity contribution >= 4 is 65.0 Å². The molecule has 2 heterocycles. The summed E-state index contributed by atoms with van der Waals surface area (Å²) in [5.41, 5.74) is 0. The number of hydrogen-bond donors (Lipinski definition) is 5. The molecule has 0 radical (unpaired) electrons. The smallest absolute Gasteiger partial charge is 0.246 e. The summed E-state index contributed by atoms with van der Waals surface area (Å²) < 4.78 is 11.8. The SMILES string of the molecule is C/C=C/C[C@@H](C)[C@@H](O)[C@H]1C(=O)N[C@@H](CC)C(=O)N(C)CC(=O)N(C)[C@@H]([C@@H](C)OCCCCN2CCOCC2)C(=O)N[C@@H](C(C)C)C(=O)N(C)[C@@H](CC(C)C)C(=O)N[C@@H](C)C(=O)N[C@H](C)C(=O)N(C)[C@@H](CC(C)C)C(=O)N(C)[C@@H](CC(C)C)C(=O)N(C)[C@@H](C(C)C)C(=O)N1C. The Morgan fingerprint density at radius 2 is 1.02 bits per heavy atom. The van der Waals surface area contributed by atoms with E-state index in [0.717, 1.165) is 40.8 Å². The van der Waals surface area contributed by atoms with Crippen LogP contribution in [-0.2, 0) is 62.2 Å². The van der Waals surface area contributed by atoms with E-state index in [0.29, 0.717) is 26.1 Å². The number of carbonyl (C=O) groups is 11. The van der Waals surface area contributed by atoms with Crippen LogP contribution in [0.5, 0.6) is 0 Å². The van der Waals surface area contributed by atoms with Crippen LogP contribution < -0.4 is 21.3 Å². The third-order valence-corrected chi connectivity index (χ3v) is 18.1. The summed E-state index contributed by atoms with van der Waals surface area (Å²) in [6, 6.07) is -12.8. The minimum atomic E-state index is -1.63. The first-order valence-electron chi connectivity index (χ1n) is 34.1. The van der Waals surface area contributed by atoms with Crippen LogP contribution in [0.1, 0.15) is 156 Å². The normalized spacial score (nSPS) is 26.9. The summed E-state index contributed by atoms with van der Waals surface area (Å²) in [6.45, 7) is 31.1. The van der Waals surface area contributed by atoms with Crippen LogP contribution >= 0.6 is 0 Å². The van der Waals surface area contributed by atoms with E-state index in [2.05, 4.69) is 26.2 Å². The van der Waals surface area contributed by atoms with Gasteiger partial charge in [0, 0.05) is 69.0 Å². The van der Waals surface area contributed by atoms with Crippen molar-refractivity contribution in [2.75, 3.05) is 95.3 Å². The topological polar surface area (TPSA) is 300 Å². The molecular weight excluding hydrogens is 1210 g/mol. The average Bonchev–Trinajstić information content (AvgIpc) is 0.810. The first-order valence-corrected chi connectivity index (χ1v) is 34.1. The van der Waals surface area contributed by atoms with Gasteiger partial charge in [0.2, 0.25) is 65.0 Å². The molecule has 13 atom stereocenters. The van der Waals surface area contributed by atoms with Crippen molar-refractivity contribution in [3.63, 3.8) is 0 Å². The van der Waals surface area contributed by atoms with Gasteiger partial charge in [-0.1, -0.05) is 95.2 Å². The van der Waals surface area contributed by atoms with Crippen LogP contribution in [0.15, 0.2) is 12.2 Å². The molecule has 5 N–H and O–H groups in total. The molecule has 94 heavy (non-hydrogen) atoms. The van der Waals surface area contributed by atoms with Gasteiger partial charge in [0.25, 0.3) is 0 Å². The molecule has 26 nitrogen and oxygen atoms in total. The lowest BCUT2D eigenvalue weighted by atomic mass is 9.91. The zero-order valence-corrected chi connectivity index (χ0v) is 61.3. The molecule has 0 unspecified atom stereocenters. The van der Waals surface area contributed by atoms with Crippen LogP contribution in [0.3, 0.4) is 0 Å². The number of carbonyl (C=O) groups excluding carboxylic acids is 11. The summed E-state index contributed by atoms with van der Waals surface area (Å²) in [4.78, 5) is 173. The van der Waals surface area contributed by atoms with E-state index in [4.69, 9.17) is 9.47 Å². The predicted molar refractivity (Wildman–Crippen MR) is 361 cm³/mol. The number of morpholine rings is 1. The molecule has 0 aromatic carbocycles. The Hall–Kier alpha value is -6.25. The maximum atomic E-state index is 15.2. The third-order valence-electron chi connectivity index (χ3n) is 18.1. The van der Waals surface area contributed by atoms with Gasteiger partial charge in [-0.05, 0) is 115 Å². The third kappa shape index (κ3) is 24.1. The van der Waals surface area contributed by atoms with Gasteiger partial charge >= 0.3 is 0 Å². The molecule has 11 amide bonds. The monoisotopic (exact) mass is 1330 g/mol. The fraction of sp³-hybridized carbons (Fsp3) is 0.809. The summed E-state index contributed by atoms with van der Waals surface area (Å²) in [5.74, 6) is -10.0. The first kappa shape index (κ1) is 83.8. The Bertz CT molecular complexity index is 2540. The van der Waals surface area contributed by atoms with Crippen LogP contribution in [0.4, 0.5) is 0 Å². The highest BCUT2D eigenvalue weighted by atomic mass is 16.5. The molecule has 0 aromatic heterocycles. The lowest BCUT2D eigenvalue weighted by molar-refractivity contribution is -0.157. The van der Waals surface area contributed by atoms with Gasteiger partial charge in [0.15, 0.2) is 0 Å². The molecule has 26 heteroatoms. The number of amides is 11. The van der Waals surface area contributed by atoms with Crippen molar-refractivity contribution in [2.24, 2.45) is 35.5 Å². The van der Waals surface area contributed by atoms with E-state index in [1.807, 2.05) is 41.5 Å². The summed E-state index contributed by atoms with van der Waals surface area (Å²) in [6.07, 6.45) is 3.21. The second kappa shape index (κ2) is 39.7. The number of unbranched alkanes of at least 4 members (excludes halogenated alkanes) is 1. The quantitative estimate of drug-likeness (QED) is 0.0865. The maximum absolute atomic E-state index is 15.2. The minimum Gasteiger partial charge on any atom is -0.390 e. The summed E-state index contributed by atoms with van der Waals surface area (Å²) >= 11 is 0. The second-order valence-electron chi connectivity index (χ2n) is 28.1. The van der Waals surface area contributed by atoms with Crippen LogP contribution in [0.2, 0.25) is 0 Å². The molecule has 2 rings (SSSR count). The van der Waals surface area contributed by atoms with Crippen molar-refractivity contribution in [1.82, 2.24) is 60.5 Å². The van der Waals surface area contributed by atoms with E-state index >= 15 is 14.4 Å². The Balaban J connectivity index is 2.97. The maximum Gasteiger partial charge on any atom is 0.246 e. The lowest BCUT2D eigenvalue weighted by Gasteiger charge is -2.41. The van der Waals surface area contributed by atoms with Gasteiger partial charge in [-0.25, -0.2) is 0 Å². The van der Waals surface area contributed by atoms with Gasteiger partial charge in [0.05, 0.1) is 32.0 Å². The number of aliphatic hydroxyl groups is 1. The van der Waals surface area contributed by atoms with E-state index in [9.17, 15) is 43.5 Å². The fourth-order valence-electron chi connectivity index (χ4n) is 12.1. The van der Waals surface area contributed by atoms with Gasteiger partial charge in [-0.15, -0.1) is 0 Å². The number of rotatable bonds is 20. The number of aliphatic hydroxyl groups excluding tert-OH is 1. The van der Waals surface area contributed by atoms with Crippen molar-refractivity contribution < 1.29 is 67.3 Å². The molecule has 538 valence electrons.